The minimum Gasteiger partial charge on any atom is -0.371 e. The Balaban J connectivity index is 1.92. The van der Waals surface area contributed by atoms with E-state index in [1.165, 1.54) is 25.8 Å². The van der Waals surface area contributed by atoms with Crippen LogP contribution in [0.3, 0.4) is 0 Å². The third kappa shape index (κ3) is 4.17. The Kier molecular flexibility index (Phi) is 4.91. The summed E-state index contributed by atoms with van der Waals surface area (Å²) in [4.78, 5) is 2.65. The Labute approximate surface area is 119 Å². The zero-order chi connectivity index (χ0) is 14.0. The lowest BCUT2D eigenvalue weighted by molar-refractivity contribution is -0.0335. The smallest absolute Gasteiger partial charge is 0.0710 e. The standard InChI is InChI=1S/C16H32N2O/c1-12(2)15-11-18(13(3)7-9-17-15)10-14-6-8-16(4,5)19-14/h12-15,17H,6-11H2,1-5H3. The second-order valence-corrected chi connectivity index (χ2v) is 7.43. The summed E-state index contributed by atoms with van der Waals surface area (Å²) < 4.78 is 6.17. The van der Waals surface area contributed by atoms with E-state index in [0.717, 1.165) is 13.1 Å². The molecule has 2 aliphatic heterocycles. The van der Waals surface area contributed by atoms with Crippen molar-refractivity contribution in [2.24, 2.45) is 5.92 Å². The van der Waals surface area contributed by atoms with Crippen molar-refractivity contribution in [2.45, 2.75) is 77.7 Å². The maximum atomic E-state index is 6.17. The first-order valence-corrected chi connectivity index (χ1v) is 8.02. The Bertz CT molecular complexity index is 290. The topological polar surface area (TPSA) is 24.5 Å². The van der Waals surface area contributed by atoms with Crippen molar-refractivity contribution in [3.05, 3.63) is 0 Å². The quantitative estimate of drug-likeness (QED) is 0.851. The Morgan fingerprint density at radius 1 is 1.32 bits per heavy atom. The molecule has 0 aromatic heterocycles. The summed E-state index contributed by atoms with van der Waals surface area (Å²) in [5.41, 5.74) is 0.0927. The summed E-state index contributed by atoms with van der Waals surface area (Å²) in [6, 6.07) is 1.29. The molecule has 0 aliphatic carbocycles. The van der Waals surface area contributed by atoms with E-state index in [4.69, 9.17) is 4.74 Å². The van der Waals surface area contributed by atoms with Crippen LogP contribution in [0.5, 0.6) is 0 Å². The van der Waals surface area contributed by atoms with E-state index in [9.17, 15) is 0 Å². The Hall–Kier alpha value is -0.120. The van der Waals surface area contributed by atoms with Crippen LogP contribution in [-0.2, 0) is 4.74 Å². The molecule has 2 saturated heterocycles. The summed E-state index contributed by atoms with van der Waals surface area (Å²) in [5.74, 6) is 0.703. The molecule has 0 saturated carbocycles. The third-order valence-corrected chi connectivity index (χ3v) is 4.82. The summed E-state index contributed by atoms with van der Waals surface area (Å²) in [6.45, 7) is 14.9. The van der Waals surface area contributed by atoms with Gasteiger partial charge in [-0.2, -0.15) is 0 Å². The molecule has 0 radical (unpaired) electrons. The molecule has 112 valence electrons. The van der Waals surface area contributed by atoms with Crippen LogP contribution >= 0.6 is 0 Å². The van der Waals surface area contributed by atoms with Gasteiger partial charge in [-0.05, 0) is 52.5 Å². The fraction of sp³-hybridized carbons (Fsp3) is 1.00. The van der Waals surface area contributed by atoms with Gasteiger partial charge in [-0.25, -0.2) is 0 Å². The van der Waals surface area contributed by atoms with Gasteiger partial charge in [0.1, 0.15) is 0 Å². The van der Waals surface area contributed by atoms with Crippen molar-refractivity contribution in [1.29, 1.82) is 0 Å². The van der Waals surface area contributed by atoms with Crippen LogP contribution < -0.4 is 5.32 Å². The Morgan fingerprint density at radius 3 is 2.63 bits per heavy atom. The molecule has 0 bridgehead atoms. The fourth-order valence-corrected chi connectivity index (χ4v) is 3.33. The molecule has 19 heavy (non-hydrogen) atoms. The van der Waals surface area contributed by atoms with Gasteiger partial charge in [-0.1, -0.05) is 13.8 Å². The van der Waals surface area contributed by atoms with Crippen molar-refractivity contribution in [1.82, 2.24) is 10.2 Å². The molecule has 2 aliphatic rings. The average molecular weight is 268 g/mol. The van der Waals surface area contributed by atoms with E-state index in [-0.39, 0.29) is 5.60 Å². The molecule has 2 fully saturated rings. The van der Waals surface area contributed by atoms with Crippen LogP contribution in [0, 0.1) is 5.92 Å². The predicted molar refractivity (Wildman–Crippen MR) is 80.5 cm³/mol. The van der Waals surface area contributed by atoms with Crippen LogP contribution in [-0.4, -0.2) is 48.3 Å². The second kappa shape index (κ2) is 6.11. The minimum atomic E-state index is 0.0927. The summed E-state index contributed by atoms with van der Waals surface area (Å²) in [6.07, 6.45) is 4.10. The highest BCUT2D eigenvalue weighted by Crippen LogP contribution is 2.30. The summed E-state index contributed by atoms with van der Waals surface area (Å²) in [7, 11) is 0. The normalized spacial score (nSPS) is 36.6. The first kappa shape index (κ1) is 15.3. The van der Waals surface area contributed by atoms with Crippen molar-refractivity contribution < 1.29 is 4.74 Å². The molecule has 3 nitrogen and oxygen atoms in total. The van der Waals surface area contributed by atoms with Gasteiger partial charge < -0.3 is 10.1 Å². The van der Waals surface area contributed by atoms with Gasteiger partial charge >= 0.3 is 0 Å². The summed E-state index contributed by atoms with van der Waals surface area (Å²) >= 11 is 0. The van der Waals surface area contributed by atoms with Crippen LogP contribution in [0.2, 0.25) is 0 Å². The van der Waals surface area contributed by atoms with Crippen LogP contribution in [0.25, 0.3) is 0 Å². The lowest BCUT2D eigenvalue weighted by Gasteiger charge is -2.33. The van der Waals surface area contributed by atoms with Crippen molar-refractivity contribution in [3.63, 3.8) is 0 Å². The molecule has 3 heteroatoms. The van der Waals surface area contributed by atoms with E-state index in [1.807, 2.05) is 0 Å². The highest BCUT2D eigenvalue weighted by atomic mass is 16.5. The van der Waals surface area contributed by atoms with Gasteiger partial charge in [0.05, 0.1) is 11.7 Å². The molecule has 2 rings (SSSR count). The van der Waals surface area contributed by atoms with Crippen molar-refractivity contribution in [2.75, 3.05) is 19.6 Å². The van der Waals surface area contributed by atoms with Crippen molar-refractivity contribution in [3.8, 4) is 0 Å². The zero-order valence-corrected chi connectivity index (χ0v) is 13.4. The number of nitrogens with one attached hydrogen (secondary N) is 1. The summed E-state index contributed by atoms with van der Waals surface area (Å²) in [5, 5.41) is 3.70. The molecule has 0 aromatic carbocycles. The van der Waals surface area contributed by atoms with E-state index < -0.39 is 0 Å². The number of nitrogens with zero attached hydrogens (tertiary/aromatic N) is 1. The maximum Gasteiger partial charge on any atom is 0.0710 e. The molecule has 1 N–H and O–H groups in total. The Morgan fingerprint density at radius 2 is 2.05 bits per heavy atom. The molecule has 3 atom stereocenters. The molecule has 2 heterocycles. The first-order chi connectivity index (χ1) is 8.87. The van der Waals surface area contributed by atoms with Gasteiger partial charge in [-0.15, -0.1) is 0 Å². The molecule has 0 amide bonds. The van der Waals surface area contributed by atoms with E-state index in [0.29, 0.717) is 24.1 Å². The van der Waals surface area contributed by atoms with Gasteiger partial charge in [0, 0.05) is 25.2 Å². The van der Waals surface area contributed by atoms with E-state index >= 15 is 0 Å². The largest absolute Gasteiger partial charge is 0.371 e. The maximum absolute atomic E-state index is 6.17. The molecule has 0 aromatic rings. The van der Waals surface area contributed by atoms with Crippen LogP contribution in [0.4, 0.5) is 0 Å². The van der Waals surface area contributed by atoms with Gasteiger partial charge in [0.25, 0.3) is 0 Å². The number of hydrogen-bond acceptors (Lipinski definition) is 3. The molecular formula is C16H32N2O. The lowest BCUT2D eigenvalue weighted by Crippen LogP contribution is -2.45. The SMILES string of the molecule is CC(C)C1CN(CC2CCC(C)(C)O2)C(C)CCN1. The van der Waals surface area contributed by atoms with Crippen LogP contribution in [0.1, 0.15) is 53.9 Å². The number of ether oxygens (including phenoxy) is 1. The van der Waals surface area contributed by atoms with Crippen molar-refractivity contribution >= 4 is 0 Å². The average Bonchev–Trinajstić information content (AvgIpc) is 2.53. The minimum absolute atomic E-state index is 0.0927. The number of hydrogen-bond donors (Lipinski definition) is 1. The van der Waals surface area contributed by atoms with E-state index in [2.05, 4.69) is 44.8 Å². The highest BCUT2D eigenvalue weighted by Gasteiger charge is 2.34. The number of rotatable bonds is 3. The van der Waals surface area contributed by atoms with Gasteiger partial charge in [-0.3, -0.25) is 4.90 Å². The molecular weight excluding hydrogens is 236 g/mol. The zero-order valence-electron chi connectivity index (χ0n) is 13.4. The van der Waals surface area contributed by atoms with Gasteiger partial charge in [0.2, 0.25) is 0 Å². The van der Waals surface area contributed by atoms with Crippen LogP contribution in [0.15, 0.2) is 0 Å². The highest BCUT2D eigenvalue weighted by molar-refractivity contribution is 4.87. The monoisotopic (exact) mass is 268 g/mol. The van der Waals surface area contributed by atoms with Gasteiger partial charge in [0.15, 0.2) is 0 Å². The second-order valence-electron chi connectivity index (χ2n) is 7.43. The lowest BCUT2D eigenvalue weighted by atomic mass is 10.0. The fourth-order valence-electron chi connectivity index (χ4n) is 3.33. The first-order valence-electron chi connectivity index (χ1n) is 8.02. The molecule has 0 spiro atoms. The molecule has 3 unspecified atom stereocenters. The third-order valence-electron chi connectivity index (χ3n) is 4.82. The van der Waals surface area contributed by atoms with E-state index in [1.54, 1.807) is 0 Å². The predicted octanol–water partition coefficient (Wildman–Crippen LogP) is 2.65.